The lowest BCUT2D eigenvalue weighted by atomic mass is 9.98. The Labute approximate surface area is 210 Å². The van der Waals surface area contributed by atoms with E-state index >= 15 is 0 Å². The number of benzene rings is 1. The van der Waals surface area contributed by atoms with Gasteiger partial charge in [-0.15, -0.1) is 11.8 Å². The van der Waals surface area contributed by atoms with Gasteiger partial charge in [-0.1, -0.05) is 0 Å². The van der Waals surface area contributed by atoms with Gasteiger partial charge in [0.15, 0.2) is 24.6 Å². The van der Waals surface area contributed by atoms with Crippen LogP contribution in [0.25, 0.3) is 0 Å². The number of ether oxygens (including phenoxy) is 6. The maximum atomic E-state index is 11.8. The van der Waals surface area contributed by atoms with Gasteiger partial charge in [0.2, 0.25) is 0 Å². The maximum Gasteiger partial charge on any atom is 0.303 e. The van der Waals surface area contributed by atoms with Gasteiger partial charge in [0.25, 0.3) is 5.69 Å². The summed E-state index contributed by atoms with van der Waals surface area (Å²) in [6, 6.07) is 5.94. The third-order valence-corrected chi connectivity index (χ3v) is 5.61. The lowest BCUT2D eigenvalue weighted by molar-refractivity contribution is -0.384. The molecule has 13 nitrogen and oxygen atoms in total. The van der Waals surface area contributed by atoms with E-state index in [1.165, 1.54) is 30.8 Å². The molecular weight excluding hydrogens is 502 g/mol. The van der Waals surface area contributed by atoms with E-state index in [2.05, 4.69) is 0 Å². The smallest absolute Gasteiger partial charge is 0.303 e. The van der Waals surface area contributed by atoms with Crippen molar-refractivity contribution in [3.63, 3.8) is 0 Å². The fourth-order valence-corrected chi connectivity index (χ4v) is 4.05. The van der Waals surface area contributed by atoms with E-state index in [0.717, 1.165) is 25.7 Å². The predicted octanol–water partition coefficient (Wildman–Crippen LogP) is 1.79. The summed E-state index contributed by atoms with van der Waals surface area (Å²) < 4.78 is 32.6. The number of non-ortho nitro benzene ring substituents is 1. The number of thioether (sulfide) groups is 1. The Hall–Kier alpha value is -3.23. The third kappa shape index (κ3) is 9.09. The zero-order valence-corrected chi connectivity index (χ0v) is 20.9. The van der Waals surface area contributed by atoms with Crippen LogP contribution in [0.15, 0.2) is 29.2 Å². The summed E-state index contributed by atoms with van der Waals surface area (Å²) in [6.07, 6.45) is -6.22. The van der Waals surface area contributed by atoms with Crippen LogP contribution in [-0.4, -0.2) is 78.5 Å². The molecule has 1 heterocycles. The van der Waals surface area contributed by atoms with Gasteiger partial charge < -0.3 is 28.4 Å². The summed E-state index contributed by atoms with van der Waals surface area (Å²) in [4.78, 5) is 57.8. The van der Waals surface area contributed by atoms with Crippen LogP contribution < -0.4 is 0 Å². The number of nitro benzene ring substituents is 1. The first-order valence-electron chi connectivity index (χ1n) is 10.8. The minimum Gasteiger partial charge on any atom is -0.463 e. The standard InChI is InChI=1S/C22H27NO12S/c1-12(24)31-11-18-19(32-13(2)25)20(33-14(3)26)21(34-15(4)27)22(35-18)30-9-10-36-17-7-5-16(6-8-17)23(28)29/h5-8,18-22H,9-11H2,1-4H3/t18-,19+,20+,21-,22+/m1/s1. The van der Waals surface area contributed by atoms with E-state index in [4.69, 9.17) is 28.4 Å². The summed E-state index contributed by atoms with van der Waals surface area (Å²) >= 11 is 1.34. The molecule has 0 amide bonds. The molecule has 0 radical (unpaired) electrons. The molecule has 198 valence electrons. The molecule has 2 rings (SSSR count). The molecule has 36 heavy (non-hydrogen) atoms. The van der Waals surface area contributed by atoms with E-state index in [9.17, 15) is 29.3 Å². The topological polar surface area (TPSA) is 167 Å². The average Bonchev–Trinajstić information content (AvgIpc) is 2.78. The van der Waals surface area contributed by atoms with Gasteiger partial charge in [0.05, 0.1) is 11.5 Å². The molecule has 0 bridgehead atoms. The highest BCUT2D eigenvalue weighted by Crippen LogP contribution is 2.30. The van der Waals surface area contributed by atoms with Crippen molar-refractivity contribution in [3.05, 3.63) is 34.4 Å². The van der Waals surface area contributed by atoms with E-state index in [-0.39, 0.29) is 18.9 Å². The number of carbonyl (C=O) groups is 4. The van der Waals surface area contributed by atoms with E-state index in [1.807, 2.05) is 0 Å². The second-order valence-corrected chi connectivity index (χ2v) is 8.71. The minimum atomic E-state index is -1.31. The number of hydrogen-bond donors (Lipinski definition) is 0. The summed E-state index contributed by atoms with van der Waals surface area (Å²) in [6.45, 7) is 4.29. The second kappa shape index (κ2) is 13.8. The quantitative estimate of drug-likeness (QED) is 0.102. The van der Waals surface area contributed by atoms with Crippen LogP contribution in [0.5, 0.6) is 0 Å². The monoisotopic (exact) mass is 529 g/mol. The summed E-state index contributed by atoms with van der Waals surface area (Å²) in [5.41, 5.74) is -0.0342. The van der Waals surface area contributed by atoms with Crippen molar-refractivity contribution in [2.75, 3.05) is 19.0 Å². The van der Waals surface area contributed by atoms with Crippen LogP contribution in [0.2, 0.25) is 0 Å². The van der Waals surface area contributed by atoms with Crippen molar-refractivity contribution < 1.29 is 52.5 Å². The molecule has 1 aliphatic rings. The molecule has 5 atom stereocenters. The van der Waals surface area contributed by atoms with Gasteiger partial charge in [0.1, 0.15) is 12.7 Å². The Morgan fingerprint density at radius 1 is 0.889 bits per heavy atom. The Bertz CT molecular complexity index is 953. The summed E-state index contributed by atoms with van der Waals surface area (Å²) in [7, 11) is 0. The lowest BCUT2D eigenvalue weighted by Crippen LogP contribution is -2.63. The molecule has 1 saturated heterocycles. The van der Waals surface area contributed by atoms with Gasteiger partial charge in [-0.25, -0.2) is 0 Å². The minimum absolute atomic E-state index is 0.0342. The molecule has 1 aromatic carbocycles. The van der Waals surface area contributed by atoms with Gasteiger partial charge in [-0.3, -0.25) is 29.3 Å². The van der Waals surface area contributed by atoms with Crippen LogP contribution in [0, 0.1) is 10.1 Å². The number of nitrogens with zero attached hydrogens (tertiary/aromatic N) is 1. The lowest BCUT2D eigenvalue weighted by Gasteiger charge is -2.44. The van der Waals surface area contributed by atoms with E-state index in [0.29, 0.717) is 5.75 Å². The van der Waals surface area contributed by atoms with E-state index in [1.54, 1.807) is 12.1 Å². The molecule has 0 N–H and O–H groups in total. The first kappa shape index (κ1) is 29.0. The Morgan fingerprint density at radius 3 is 1.97 bits per heavy atom. The molecule has 0 aliphatic carbocycles. The number of rotatable bonds is 11. The average molecular weight is 530 g/mol. The van der Waals surface area contributed by atoms with Crippen molar-refractivity contribution in [1.82, 2.24) is 0 Å². The third-order valence-electron chi connectivity index (χ3n) is 4.63. The number of carbonyl (C=O) groups excluding carboxylic acids is 4. The summed E-state index contributed by atoms with van der Waals surface area (Å²) in [5.74, 6) is -2.44. The van der Waals surface area contributed by atoms with Crippen LogP contribution >= 0.6 is 11.8 Å². The molecule has 0 saturated carbocycles. The number of nitro groups is 1. The fraction of sp³-hybridized carbons (Fsp3) is 0.545. The van der Waals surface area contributed by atoms with Crippen molar-refractivity contribution in [2.24, 2.45) is 0 Å². The molecule has 0 spiro atoms. The van der Waals surface area contributed by atoms with Crippen molar-refractivity contribution in [1.29, 1.82) is 0 Å². The maximum absolute atomic E-state index is 11.8. The fourth-order valence-electron chi connectivity index (χ4n) is 3.31. The molecular formula is C22H27NO12S. The van der Waals surface area contributed by atoms with Crippen molar-refractivity contribution in [2.45, 2.75) is 63.3 Å². The van der Waals surface area contributed by atoms with Crippen LogP contribution in [0.4, 0.5) is 5.69 Å². The Kier molecular flexibility index (Phi) is 11.1. The highest BCUT2D eigenvalue weighted by molar-refractivity contribution is 7.99. The van der Waals surface area contributed by atoms with Crippen LogP contribution in [0.1, 0.15) is 27.7 Å². The highest BCUT2D eigenvalue weighted by Gasteiger charge is 2.52. The molecule has 14 heteroatoms. The molecule has 0 aromatic heterocycles. The second-order valence-electron chi connectivity index (χ2n) is 7.54. The molecule has 1 aliphatic heterocycles. The van der Waals surface area contributed by atoms with Gasteiger partial charge in [-0.2, -0.15) is 0 Å². The van der Waals surface area contributed by atoms with Crippen molar-refractivity contribution in [3.8, 4) is 0 Å². The molecule has 1 fully saturated rings. The van der Waals surface area contributed by atoms with Crippen LogP contribution in [-0.2, 0) is 47.6 Å². The zero-order chi connectivity index (χ0) is 26.8. The number of hydrogen-bond acceptors (Lipinski definition) is 13. The Balaban J connectivity index is 2.18. The highest BCUT2D eigenvalue weighted by atomic mass is 32.2. The Morgan fingerprint density at radius 2 is 1.44 bits per heavy atom. The van der Waals surface area contributed by atoms with E-state index < -0.39 is 59.5 Å². The van der Waals surface area contributed by atoms with Gasteiger partial charge in [0, 0.05) is 50.5 Å². The zero-order valence-electron chi connectivity index (χ0n) is 20.1. The normalized spacial score (nSPS) is 23.3. The van der Waals surface area contributed by atoms with Crippen LogP contribution in [0.3, 0.4) is 0 Å². The molecule has 1 aromatic rings. The van der Waals surface area contributed by atoms with Gasteiger partial charge >= 0.3 is 23.9 Å². The summed E-state index contributed by atoms with van der Waals surface area (Å²) in [5, 5.41) is 10.8. The SMILES string of the molecule is CC(=O)OC[C@H]1O[C@H](OCCSc2ccc([N+](=O)[O-])cc2)[C@H](OC(C)=O)[C@@H](OC(C)=O)[C@H]1OC(C)=O. The first-order chi connectivity index (χ1) is 17.0. The predicted molar refractivity (Wildman–Crippen MR) is 122 cm³/mol. The van der Waals surface area contributed by atoms with Gasteiger partial charge in [-0.05, 0) is 12.1 Å². The van der Waals surface area contributed by atoms with Crippen molar-refractivity contribution >= 4 is 41.3 Å². The first-order valence-corrected chi connectivity index (χ1v) is 11.8. The molecule has 0 unspecified atom stereocenters. The largest absolute Gasteiger partial charge is 0.463 e. The number of esters is 4.